The van der Waals surface area contributed by atoms with Gasteiger partial charge in [-0.25, -0.2) is 4.98 Å². The fourth-order valence-electron chi connectivity index (χ4n) is 1.68. The van der Waals surface area contributed by atoms with E-state index in [0.29, 0.717) is 12.6 Å². The zero-order chi connectivity index (χ0) is 12.2. The van der Waals surface area contributed by atoms with Gasteiger partial charge in [-0.1, -0.05) is 20.8 Å². The van der Waals surface area contributed by atoms with Gasteiger partial charge in [0, 0.05) is 31.5 Å². The second-order valence-electron chi connectivity index (χ2n) is 4.75. The Morgan fingerprint density at radius 3 is 2.81 bits per heavy atom. The van der Waals surface area contributed by atoms with Crippen molar-refractivity contribution in [2.45, 2.75) is 52.3 Å². The Labute approximate surface area is 97.7 Å². The second kappa shape index (κ2) is 5.46. The predicted octanol–water partition coefficient (Wildman–Crippen LogP) is 1.50. The lowest BCUT2D eigenvalue weighted by Gasteiger charge is -2.25. The minimum Gasteiger partial charge on any atom is -0.381 e. The maximum absolute atomic E-state index is 10.4. The van der Waals surface area contributed by atoms with Crippen LogP contribution in [0.25, 0.3) is 0 Å². The zero-order valence-corrected chi connectivity index (χ0v) is 10.7. The molecular weight excluding hydrogens is 202 g/mol. The Morgan fingerprint density at radius 2 is 2.25 bits per heavy atom. The summed E-state index contributed by atoms with van der Waals surface area (Å²) >= 11 is 0. The molecule has 1 unspecified atom stereocenters. The first-order chi connectivity index (χ1) is 7.47. The van der Waals surface area contributed by atoms with Gasteiger partial charge in [-0.3, -0.25) is 0 Å². The molecule has 0 amide bonds. The number of imidazole rings is 1. The Hall–Kier alpha value is -0.870. The molecule has 4 heteroatoms. The van der Waals surface area contributed by atoms with E-state index in [1.807, 2.05) is 10.8 Å². The second-order valence-corrected chi connectivity index (χ2v) is 4.75. The summed E-state index contributed by atoms with van der Waals surface area (Å²) in [6.07, 6.45) is 4.70. The topological polar surface area (TPSA) is 50.1 Å². The third-order valence-electron chi connectivity index (χ3n) is 2.52. The number of hydrogen-bond acceptors (Lipinski definition) is 3. The van der Waals surface area contributed by atoms with E-state index in [0.717, 1.165) is 18.8 Å². The van der Waals surface area contributed by atoms with E-state index in [-0.39, 0.29) is 0 Å². The molecule has 0 saturated carbocycles. The third kappa shape index (κ3) is 3.32. The first-order valence-corrected chi connectivity index (χ1v) is 5.94. The summed E-state index contributed by atoms with van der Waals surface area (Å²) in [6, 6.07) is 0.362. The molecule has 1 aromatic heterocycles. The van der Waals surface area contributed by atoms with Gasteiger partial charge in [0.15, 0.2) is 0 Å². The molecule has 92 valence electrons. The molecule has 0 radical (unpaired) electrons. The highest BCUT2D eigenvalue weighted by molar-refractivity contribution is 5.04. The van der Waals surface area contributed by atoms with Gasteiger partial charge in [0.1, 0.15) is 11.4 Å². The van der Waals surface area contributed by atoms with Crippen LogP contribution in [0.4, 0.5) is 0 Å². The molecule has 1 aromatic rings. The summed E-state index contributed by atoms with van der Waals surface area (Å²) in [4.78, 5) is 4.26. The van der Waals surface area contributed by atoms with Crippen LogP contribution in [-0.4, -0.2) is 27.2 Å². The Balaban J connectivity index is 2.75. The van der Waals surface area contributed by atoms with Crippen molar-refractivity contribution >= 4 is 0 Å². The van der Waals surface area contributed by atoms with Gasteiger partial charge in [0.05, 0.1) is 0 Å². The minimum absolute atomic E-state index is 0.362. The normalized spacial score (nSPS) is 15.4. The van der Waals surface area contributed by atoms with Crippen molar-refractivity contribution in [3.63, 3.8) is 0 Å². The van der Waals surface area contributed by atoms with Crippen molar-refractivity contribution in [2.24, 2.45) is 0 Å². The zero-order valence-electron chi connectivity index (χ0n) is 10.7. The largest absolute Gasteiger partial charge is 0.381 e. The molecule has 1 atom stereocenters. The number of hydrogen-bond donors (Lipinski definition) is 2. The van der Waals surface area contributed by atoms with Crippen LogP contribution in [0.15, 0.2) is 12.4 Å². The molecule has 16 heavy (non-hydrogen) atoms. The highest BCUT2D eigenvalue weighted by atomic mass is 16.3. The standard InChI is InChI=1S/C12H23N3O/c1-5-7-15-8-6-13-11(15)12(4,16)9-14-10(2)3/h6,8,10,14,16H,5,7,9H2,1-4H3. The molecule has 4 nitrogen and oxygen atoms in total. The maximum atomic E-state index is 10.4. The average Bonchev–Trinajstić information content (AvgIpc) is 2.64. The predicted molar refractivity (Wildman–Crippen MR) is 65.2 cm³/mol. The number of aryl methyl sites for hydroxylation is 1. The molecule has 1 rings (SSSR count). The molecule has 1 heterocycles. The first kappa shape index (κ1) is 13.2. The van der Waals surface area contributed by atoms with Crippen molar-refractivity contribution < 1.29 is 5.11 Å². The van der Waals surface area contributed by atoms with Crippen molar-refractivity contribution in [2.75, 3.05) is 6.54 Å². The van der Waals surface area contributed by atoms with Crippen LogP contribution in [0.1, 0.15) is 39.9 Å². The van der Waals surface area contributed by atoms with Gasteiger partial charge in [-0.05, 0) is 13.3 Å². The van der Waals surface area contributed by atoms with Gasteiger partial charge < -0.3 is 15.0 Å². The van der Waals surface area contributed by atoms with Crippen LogP contribution in [0.2, 0.25) is 0 Å². The fourth-order valence-corrected chi connectivity index (χ4v) is 1.68. The summed E-state index contributed by atoms with van der Waals surface area (Å²) in [6.45, 7) is 9.46. The molecule has 0 fully saturated rings. The van der Waals surface area contributed by atoms with Gasteiger partial charge in [0.25, 0.3) is 0 Å². The lowest BCUT2D eigenvalue weighted by Crippen LogP contribution is -2.40. The summed E-state index contributed by atoms with van der Waals surface area (Å²) in [5.41, 5.74) is -0.914. The quantitative estimate of drug-likeness (QED) is 0.771. The SMILES string of the molecule is CCCn1ccnc1C(C)(O)CNC(C)C. The first-order valence-electron chi connectivity index (χ1n) is 5.94. The number of aromatic nitrogens is 2. The fraction of sp³-hybridized carbons (Fsp3) is 0.750. The minimum atomic E-state index is -0.914. The van der Waals surface area contributed by atoms with Crippen LogP contribution in [0, 0.1) is 0 Å². The maximum Gasteiger partial charge on any atom is 0.141 e. The summed E-state index contributed by atoms with van der Waals surface area (Å²) < 4.78 is 2.02. The molecule has 0 saturated heterocycles. The summed E-state index contributed by atoms with van der Waals surface area (Å²) in [5, 5.41) is 13.6. The van der Waals surface area contributed by atoms with Crippen LogP contribution in [0.5, 0.6) is 0 Å². The van der Waals surface area contributed by atoms with Crippen molar-refractivity contribution in [1.29, 1.82) is 0 Å². The van der Waals surface area contributed by atoms with Crippen LogP contribution in [0.3, 0.4) is 0 Å². The number of nitrogens with zero attached hydrogens (tertiary/aromatic N) is 2. The molecule has 0 bridgehead atoms. The summed E-state index contributed by atoms with van der Waals surface area (Å²) in [7, 11) is 0. The van der Waals surface area contributed by atoms with Crippen molar-refractivity contribution in [1.82, 2.24) is 14.9 Å². The van der Waals surface area contributed by atoms with E-state index >= 15 is 0 Å². The molecule has 0 aromatic carbocycles. The third-order valence-corrected chi connectivity index (χ3v) is 2.52. The van der Waals surface area contributed by atoms with Crippen molar-refractivity contribution in [3.8, 4) is 0 Å². The summed E-state index contributed by atoms with van der Waals surface area (Å²) in [5.74, 6) is 0.738. The number of rotatable bonds is 6. The smallest absolute Gasteiger partial charge is 0.141 e. The lowest BCUT2D eigenvalue weighted by atomic mass is 10.1. The Kier molecular flexibility index (Phi) is 4.50. The van der Waals surface area contributed by atoms with Gasteiger partial charge >= 0.3 is 0 Å². The number of aliphatic hydroxyl groups is 1. The molecule has 2 N–H and O–H groups in total. The monoisotopic (exact) mass is 225 g/mol. The van der Waals surface area contributed by atoms with E-state index in [1.165, 1.54) is 0 Å². The van der Waals surface area contributed by atoms with E-state index in [4.69, 9.17) is 0 Å². The van der Waals surface area contributed by atoms with Gasteiger partial charge in [-0.2, -0.15) is 0 Å². The molecule has 0 aliphatic rings. The molecule has 0 aliphatic carbocycles. The Bertz CT molecular complexity index is 318. The van der Waals surface area contributed by atoms with E-state index < -0.39 is 5.60 Å². The lowest BCUT2D eigenvalue weighted by molar-refractivity contribution is 0.0420. The molecular formula is C12H23N3O. The average molecular weight is 225 g/mol. The Morgan fingerprint density at radius 1 is 1.56 bits per heavy atom. The highest BCUT2D eigenvalue weighted by Gasteiger charge is 2.27. The van der Waals surface area contributed by atoms with Gasteiger partial charge in [-0.15, -0.1) is 0 Å². The van der Waals surface area contributed by atoms with E-state index in [1.54, 1.807) is 13.1 Å². The van der Waals surface area contributed by atoms with Crippen molar-refractivity contribution in [3.05, 3.63) is 18.2 Å². The van der Waals surface area contributed by atoms with E-state index in [9.17, 15) is 5.11 Å². The highest BCUT2D eigenvalue weighted by Crippen LogP contribution is 2.18. The van der Waals surface area contributed by atoms with Crippen LogP contribution < -0.4 is 5.32 Å². The molecule has 0 aliphatic heterocycles. The van der Waals surface area contributed by atoms with Crippen LogP contribution in [-0.2, 0) is 12.1 Å². The van der Waals surface area contributed by atoms with Crippen LogP contribution >= 0.6 is 0 Å². The molecule has 0 spiro atoms. The van der Waals surface area contributed by atoms with E-state index in [2.05, 4.69) is 31.1 Å². The number of nitrogens with one attached hydrogen (secondary N) is 1. The van der Waals surface area contributed by atoms with Gasteiger partial charge in [0.2, 0.25) is 0 Å².